The average molecular weight is 240 g/mol. The fraction of sp³-hybridized carbons (Fsp3) is 0.692. The average Bonchev–Trinajstić information content (AvgIpc) is 2.89. The number of hydrogen-bond donors (Lipinski definition) is 1. The van der Waals surface area contributed by atoms with E-state index in [0.717, 1.165) is 38.9 Å². The van der Waals surface area contributed by atoms with Crippen molar-refractivity contribution < 1.29 is 9.84 Å². The van der Waals surface area contributed by atoms with Gasteiger partial charge >= 0.3 is 0 Å². The maximum absolute atomic E-state index is 10.00. The van der Waals surface area contributed by atoms with Gasteiger partial charge in [0.25, 0.3) is 0 Å². The number of hydrogen-bond acceptors (Lipinski definition) is 3. The van der Waals surface area contributed by atoms with Crippen molar-refractivity contribution in [3.8, 4) is 0 Å². The van der Waals surface area contributed by atoms with Crippen molar-refractivity contribution in [2.45, 2.75) is 38.7 Å². The van der Waals surface area contributed by atoms with Crippen molar-refractivity contribution in [3.05, 3.63) is 21.9 Å². The lowest BCUT2D eigenvalue weighted by Crippen LogP contribution is -2.15. The van der Waals surface area contributed by atoms with Gasteiger partial charge in [0.2, 0.25) is 0 Å². The first-order valence-electron chi connectivity index (χ1n) is 6.11. The number of aryl methyl sites for hydroxylation is 1. The molecule has 3 heteroatoms. The molecule has 0 radical (unpaired) electrons. The summed E-state index contributed by atoms with van der Waals surface area (Å²) in [6.07, 6.45) is 3.70. The number of aliphatic hydroxyl groups excluding tert-OH is 1. The molecule has 16 heavy (non-hydrogen) atoms. The van der Waals surface area contributed by atoms with Crippen LogP contribution in [0.5, 0.6) is 0 Å². The highest BCUT2D eigenvalue weighted by Gasteiger charge is 2.19. The van der Waals surface area contributed by atoms with Crippen LogP contribution in [0, 0.1) is 5.92 Å². The molecule has 2 nitrogen and oxygen atoms in total. The third-order valence-corrected chi connectivity index (χ3v) is 4.38. The molecule has 2 heterocycles. The lowest BCUT2D eigenvalue weighted by atomic mass is 9.99. The Labute approximate surface area is 101 Å². The van der Waals surface area contributed by atoms with Crippen LogP contribution in [-0.4, -0.2) is 24.4 Å². The number of thiophene rings is 1. The molecule has 0 saturated carbocycles. The van der Waals surface area contributed by atoms with Crippen molar-refractivity contribution in [2.75, 3.05) is 13.2 Å². The van der Waals surface area contributed by atoms with Crippen LogP contribution in [0.2, 0.25) is 0 Å². The van der Waals surface area contributed by atoms with E-state index in [2.05, 4.69) is 19.1 Å². The van der Waals surface area contributed by atoms with Gasteiger partial charge in [-0.25, -0.2) is 0 Å². The number of aliphatic hydroxyl groups is 1. The summed E-state index contributed by atoms with van der Waals surface area (Å²) in [7, 11) is 0. The fourth-order valence-electron chi connectivity index (χ4n) is 2.19. The minimum absolute atomic E-state index is 0.199. The van der Waals surface area contributed by atoms with Gasteiger partial charge in [0.05, 0.1) is 6.10 Å². The van der Waals surface area contributed by atoms with Crippen LogP contribution in [0.3, 0.4) is 0 Å². The Hall–Kier alpha value is -0.380. The monoisotopic (exact) mass is 240 g/mol. The first kappa shape index (κ1) is 12.1. The molecule has 0 aliphatic carbocycles. The topological polar surface area (TPSA) is 29.5 Å². The second-order valence-electron chi connectivity index (χ2n) is 4.54. The maximum Gasteiger partial charge on any atom is 0.0591 e. The summed E-state index contributed by atoms with van der Waals surface area (Å²) in [6.45, 7) is 3.87. The van der Waals surface area contributed by atoms with Gasteiger partial charge in [-0.2, -0.15) is 0 Å². The lowest BCUT2D eigenvalue weighted by molar-refractivity contribution is 0.129. The third-order valence-electron chi connectivity index (χ3n) is 3.13. The molecule has 0 bridgehead atoms. The second kappa shape index (κ2) is 5.80. The molecule has 2 rings (SSSR count). The van der Waals surface area contributed by atoms with Gasteiger partial charge in [0.1, 0.15) is 0 Å². The predicted molar refractivity (Wildman–Crippen MR) is 67.0 cm³/mol. The standard InChI is InChI=1S/C13H20O2S/c1-2-12-3-4-13(16-12)8-11(14)7-10-5-6-15-9-10/h3-4,10-11,14H,2,5-9H2,1H3. The summed E-state index contributed by atoms with van der Waals surface area (Å²) in [5.74, 6) is 0.570. The SMILES string of the molecule is CCc1ccc(CC(O)CC2CCOC2)s1. The Kier molecular flexibility index (Phi) is 4.38. The van der Waals surface area contributed by atoms with Crippen molar-refractivity contribution in [2.24, 2.45) is 5.92 Å². The van der Waals surface area contributed by atoms with E-state index in [1.54, 1.807) is 0 Å². The van der Waals surface area contributed by atoms with Gasteiger partial charge in [0.15, 0.2) is 0 Å². The van der Waals surface area contributed by atoms with Gasteiger partial charge < -0.3 is 9.84 Å². The Morgan fingerprint density at radius 3 is 2.94 bits per heavy atom. The highest BCUT2D eigenvalue weighted by atomic mass is 32.1. The molecule has 1 fully saturated rings. The molecule has 90 valence electrons. The molecule has 1 aromatic heterocycles. The van der Waals surface area contributed by atoms with Crippen molar-refractivity contribution >= 4 is 11.3 Å². The Balaban J connectivity index is 1.79. The maximum atomic E-state index is 10.00. The van der Waals surface area contributed by atoms with Crippen molar-refractivity contribution in [3.63, 3.8) is 0 Å². The number of ether oxygens (including phenoxy) is 1. The molecule has 1 saturated heterocycles. The van der Waals surface area contributed by atoms with Crippen LogP contribution in [0.25, 0.3) is 0 Å². The summed E-state index contributed by atoms with van der Waals surface area (Å²) in [6, 6.07) is 4.32. The summed E-state index contributed by atoms with van der Waals surface area (Å²) in [4.78, 5) is 2.72. The normalized spacial score (nSPS) is 22.5. The molecule has 1 aromatic rings. The van der Waals surface area contributed by atoms with Crippen LogP contribution in [0.15, 0.2) is 12.1 Å². The molecule has 0 aromatic carbocycles. The molecular weight excluding hydrogens is 220 g/mol. The van der Waals surface area contributed by atoms with Gasteiger partial charge in [-0.15, -0.1) is 11.3 Å². The molecule has 1 aliphatic heterocycles. The zero-order chi connectivity index (χ0) is 11.4. The fourth-order valence-corrected chi connectivity index (χ4v) is 3.22. The lowest BCUT2D eigenvalue weighted by Gasteiger charge is -2.13. The molecule has 1 aliphatic rings. The first-order valence-corrected chi connectivity index (χ1v) is 6.93. The van der Waals surface area contributed by atoms with Crippen molar-refractivity contribution in [1.29, 1.82) is 0 Å². The Bertz CT molecular complexity index is 315. The van der Waals surface area contributed by atoms with E-state index < -0.39 is 0 Å². The third kappa shape index (κ3) is 3.30. The van der Waals surface area contributed by atoms with E-state index >= 15 is 0 Å². The minimum atomic E-state index is -0.199. The molecule has 2 atom stereocenters. The van der Waals surface area contributed by atoms with E-state index in [0.29, 0.717) is 5.92 Å². The van der Waals surface area contributed by atoms with E-state index in [1.165, 1.54) is 9.75 Å². The van der Waals surface area contributed by atoms with Crippen LogP contribution in [-0.2, 0) is 17.6 Å². The Morgan fingerprint density at radius 1 is 1.50 bits per heavy atom. The largest absolute Gasteiger partial charge is 0.393 e. The predicted octanol–water partition coefficient (Wildman–Crippen LogP) is 2.64. The zero-order valence-electron chi connectivity index (χ0n) is 9.82. The second-order valence-corrected chi connectivity index (χ2v) is 5.80. The summed E-state index contributed by atoms with van der Waals surface area (Å²) < 4.78 is 5.32. The molecule has 2 unspecified atom stereocenters. The quantitative estimate of drug-likeness (QED) is 0.857. The molecule has 1 N–H and O–H groups in total. The highest BCUT2D eigenvalue weighted by Crippen LogP contribution is 2.23. The molecular formula is C13H20O2S. The smallest absolute Gasteiger partial charge is 0.0591 e. The first-order chi connectivity index (χ1) is 7.78. The summed E-state index contributed by atoms with van der Waals surface area (Å²) in [5.41, 5.74) is 0. The van der Waals surface area contributed by atoms with Gasteiger partial charge in [0, 0.05) is 29.4 Å². The van der Waals surface area contributed by atoms with E-state index in [-0.39, 0.29) is 6.10 Å². The van der Waals surface area contributed by atoms with Crippen LogP contribution in [0.1, 0.15) is 29.5 Å². The number of rotatable bonds is 5. The van der Waals surface area contributed by atoms with E-state index in [1.807, 2.05) is 11.3 Å². The highest BCUT2D eigenvalue weighted by molar-refractivity contribution is 7.11. The van der Waals surface area contributed by atoms with E-state index in [4.69, 9.17) is 4.74 Å². The van der Waals surface area contributed by atoms with Crippen LogP contribution in [0.4, 0.5) is 0 Å². The van der Waals surface area contributed by atoms with Gasteiger partial charge in [-0.3, -0.25) is 0 Å². The van der Waals surface area contributed by atoms with Gasteiger partial charge in [-0.1, -0.05) is 6.92 Å². The zero-order valence-corrected chi connectivity index (χ0v) is 10.6. The van der Waals surface area contributed by atoms with Gasteiger partial charge in [-0.05, 0) is 37.3 Å². The minimum Gasteiger partial charge on any atom is -0.393 e. The molecule has 0 amide bonds. The Morgan fingerprint density at radius 2 is 2.31 bits per heavy atom. The van der Waals surface area contributed by atoms with Crippen LogP contribution >= 0.6 is 11.3 Å². The summed E-state index contributed by atoms with van der Waals surface area (Å²) in [5, 5.41) is 10.00. The van der Waals surface area contributed by atoms with E-state index in [9.17, 15) is 5.11 Å². The molecule has 0 spiro atoms. The summed E-state index contributed by atoms with van der Waals surface area (Å²) >= 11 is 1.83. The van der Waals surface area contributed by atoms with Crippen LogP contribution < -0.4 is 0 Å². The van der Waals surface area contributed by atoms with Crippen molar-refractivity contribution in [1.82, 2.24) is 0 Å².